The number of carbonyl (C=O) groups is 1. The second-order valence-corrected chi connectivity index (χ2v) is 7.78. The van der Waals surface area contributed by atoms with Crippen LogP contribution in [0.15, 0.2) is 40.2 Å². The lowest BCUT2D eigenvalue weighted by Crippen LogP contribution is -2.27. The standard InChI is InChI=1S/C21H24N6O3/c1-26(2)12-23-20(29)14-5-3-13(4-6-14)17-11-22-18-19(24-17)27(21(30)25-18)15-7-9-16(28)10-8-15/h3-6,11-12,15-16,28H,7-10H2,1-2H3,(H,22,25,30). The van der Waals surface area contributed by atoms with Crippen molar-refractivity contribution in [3.05, 3.63) is 46.5 Å². The second kappa shape index (κ2) is 8.19. The number of aliphatic imine (C=N–C) groups is 1. The molecular formula is C21H24N6O3. The van der Waals surface area contributed by atoms with Gasteiger partial charge in [-0.05, 0) is 37.8 Å². The molecule has 0 aliphatic heterocycles. The van der Waals surface area contributed by atoms with Crippen LogP contribution in [0.5, 0.6) is 0 Å². The number of aliphatic hydroxyl groups is 1. The van der Waals surface area contributed by atoms with Crippen molar-refractivity contribution < 1.29 is 9.90 Å². The van der Waals surface area contributed by atoms with Crippen LogP contribution in [-0.2, 0) is 0 Å². The third-order valence-corrected chi connectivity index (χ3v) is 5.29. The summed E-state index contributed by atoms with van der Waals surface area (Å²) in [5.41, 5.74) is 2.60. The molecule has 2 heterocycles. The lowest BCUT2D eigenvalue weighted by Gasteiger charge is -2.25. The molecule has 156 valence electrons. The average Bonchev–Trinajstić information content (AvgIpc) is 3.07. The highest BCUT2D eigenvalue weighted by Crippen LogP contribution is 2.29. The summed E-state index contributed by atoms with van der Waals surface area (Å²) in [5, 5.41) is 9.76. The average molecular weight is 408 g/mol. The first-order valence-electron chi connectivity index (χ1n) is 9.93. The zero-order chi connectivity index (χ0) is 21.3. The fourth-order valence-corrected chi connectivity index (χ4v) is 3.71. The number of H-pyrrole nitrogens is 1. The van der Waals surface area contributed by atoms with E-state index in [0.29, 0.717) is 35.4 Å². The summed E-state index contributed by atoms with van der Waals surface area (Å²) >= 11 is 0. The Hall–Kier alpha value is -3.33. The molecule has 2 aromatic heterocycles. The van der Waals surface area contributed by atoms with Crippen LogP contribution in [0.25, 0.3) is 22.6 Å². The van der Waals surface area contributed by atoms with E-state index in [0.717, 1.165) is 18.4 Å². The van der Waals surface area contributed by atoms with Gasteiger partial charge in [-0.2, -0.15) is 4.99 Å². The predicted molar refractivity (Wildman–Crippen MR) is 114 cm³/mol. The highest BCUT2D eigenvalue weighted by molar-refractivity contribution is 5.98. The summed E-state index contributed by atoms with van der Waals surface area (Å²) < 4.78 is 1.66. The van der Waals surface area contributed by atoms with Crippen LogP contribution in [0, 0.1) is 0 Å². The van der Waals surface area contributed by atoms with E-state index < -0.39 is 0 Å². The summed E-state index contributed by atoms with van der Waals surface area (Å²) in [5.74, 6) is -0.323. The van der Waals surface area contributed by atoms with Crippen molar-refractivity contribution in [1.82, 2.24) is 24.4 Å². The van der Waals surface area contributed by atoms with Gasteiger partial charge in [0, 0.05) is 31.3 Å². The van der Waals surface area contributed by atoms with Gasteiger partial charge < -0.3 is 10.0 Å². The van der Waals surface area contributed by atoms with Gasteiger partial charge in [0.2, 0.25) is 0 Å². The highest BCUT2D eigenvalue weighted by Gasteiger charge is 2.25. The third-order valence-electron chi connectivity index (χ3n) is 5.29. The quantitative estimate of drug-likeness (QED) is 0.504. The van der Waals surface area contributed by atoms with Gasteiger partial charge in [0.25, 0.3) is 5.91 Å². The summed E-state index contributed by atoms with van der Waals surface area (Å²) in [6.07, 6.45) is 5.56. The second-order valence-electron chi connectivity index (χ2n) is 7.78. The van der Waals surface area contributed by atoms with Crippen LogP contribution in [0.2, 0.25) is 0 Å². The molecule has 2 N–H and O–H groups in total. The van der Waals surface area contributed by atoms with Gasteiger partial charge in [0.15, 0.2) is 11.3 Å². The van der Waals surface area contributed by atoms with E-state index in [2.05, 4.69) is 19.9 Å². The topological polar surface area (TPSA) is 116 Å². The number of hydrogen-bond donors (Lipinski definition) is 2. The molecule has 0 spiro atoms. The summed E-state index contributed by atoms with van der Waals surface area (Å²) in [7, 11) is 3.59. The van der Waals surface area contributed by atoms with Gasteiger partial charge in [-0.1, -0.05) is 12.1 Å². The van der Waals surface area contributed by atoms with Crippen molar-refractivity contribution in [2.24, 2.45) is 4.99 Å². The monoisotopic (exact) mass is 408 g/mol. The number of amides is 1. The lowest BCUT2D eigenvalue weighted by molar-refractivity contribution is 0.100. The molecule has 1 aromatic carbocycles. The van der Waals surface area contributed by atoms with Gasteiger partial charge in [-0.15, -0.1) is 0 Å². The minimum absolute atomic E-state index is 0.00578. The number of nitrogens with zero attached hydrogens (tertiary/aromatic N) is 5. The normalized spacial score (nSPS) is 19.4. The minimum Gasteiger partial charge on any atom is -0.393 e. The Morgan fingerprint density at radius 3 is 2.60 bits per heavy atom. The molecule has 0 bridgehead atoms. The van der Waals surface area contributed by atoms with Gasteiger partial charge in [-0.3, -0.25) is 14.3 Å². The van der Waals surface area contributed by atoms with Gasteiger partial charge in [0.05, 0.1) is 24.3 Å². The largest absolute Gasteiger partial charge is 0.393 e. The molecule has 0 unspecified atom stereocenters. The molecule has 9 heteroatoms. The number of carbonyl (C=O) groups excluding carboxylic acids is 1. The third kappa shape index (κ3) is 4.02. The first-order valence-corrected chi connectivity index (χ1v) is 9.93. The molecule has 3 aromatic rings. The van der Waals surface area contributed by atoms with Crippen molar-refractivity contribution in [3.8, 4) is 11.3 Å². The number of nitrogens with one attached hydrogen (secondary N) is 1. The molecule has 9 nitrogen and oxygen atoms in total. The molecule has 0 saturated heterocycles. The number of aromatic nitrogens is 4. The van der Waals surface area contributed by atoms with Crippen molar-refractivity contribution >= 4 is 23.5 Å². The van der Waals surface area contributed by atoms with Gasteiger partial charge >= 0.3 is 5.69 Å². The van der Waals surface area contributed by atoms with Crippen LogP contribution < -0.4 is 5.69 Å². The van der Waals surface area contributed by atoms with E-state index in [1.165, 1.54) is 6.34 Å². The van der Waals surface area contributed by atoms with E-state index >= 15 is 0 Å². The molecule has 1 aliphatic carbocycles. The zero-order valence-corrected chi connectivity index (χ0v) is 16.9. The maximum Gasteiger partial charge on any atom is 0.329 e. The molecule has 1 saturated carbocycles. The molecule has 1 aliphatic rings. The summed E-state index contributed by atoms with van der Waals surface area (Å²) in [6, 6.07) is 6.97. The number of rotatable bonds is 4. The Labute approximate surface area is 173 Å². The Balaban J connectivity index is 1.64. The van der Waals surface area contributed by atoms with Crippen molar-refractivity contribution in [2.75, 3.05) is 14.1 Å². The van der Waals surface area contributed by atoms with Crippen LogP contribution >= 0.6 is 0 Å². The molecule has 1 fully saturated rings. The summed E-state index contributed by atoms with van der Waals surface area (Å²) in [6.45, 7) is 0. The Kier molecular flexibility index (Phi) is 5.45. The van der Waals surface area contributed by atoms with Crippen LogP contribution in [-0.4, -0.2) is 62.0 Å². The van der Waals surface area contributed by atoms with E-state index in [1.54, 1.807) is 54.0 Å². The predicted octanol–water partition coefficient (Wildman–Crippen LogP) is 1.99. The van der Waals surface area contributed by atoms with Crippen LogP contribution in [0.4, 0.5) is 0 Å². The number of imidazole rings is 1. The lowest BCUT2D eigenvalue weighted by atomic mass is 9.93. The van der Waals surface area contributed by atoms with Crippen molar-refractivity contribution in [1.29, 1.82) is 0 Å². The molecule has 30 heavy (non-hydrogen) atoms. The molecule has 1 amide bonds. The molecular weight excluding hydrogens is 384 g/mol. The smallest absolute Gasteiger partial charge is 0.329 e. The number of aliphatic hydroxyl groups excluding tert-OH is 1. The van der Waals surface area contributed by atoms with E-state index in [4.69, 9.17) is 0 Å². The number of benzene rings is 1. The molecule has 4 rings (SSSR count). The number of hydrogen-bond acceptors (Lipinski definition) is 5. The first kappa shape index (κ1) is 20.0. The molecule has 0 atom stereocenters. The number of aromatic amines is 1. The minimum atomic E-state index is -0.323. The number of fused-ring (bicyclic) bond motifs is 1. The molecule has 0 radical (unpaired) electrons. The van der Waals surface area contributed by atoms with E-state index in [9.17, 15) is 14.7 Å². The van der Waals surface area contributed by atoms with E-state index in [-0.39, 0.29) is 23.7 Å². The van der Waals surface area contributed by atoms with E-state index in [1.807, 2.05) is 0 Å². The highest BCUT2D eigenvalue weighted by atomic mass is 16.3. The Morgan fingerprint density at radius 1 is 1.23 bits per heavy atom. The van der Waals surface area contributed by atoms with Crippen LogP contribution in [0.3, 0.4) is 0 Å². The Bertz CT molecular complexity index is 1140. The van der Waals surface area contributed by atoms with Crippen molar-refractivity contribution in [2.45, 2.75) is 37.8 Å². The van der Waals surface area contributed by atoms with Crippen molar-refractivity contribution in [3.63, 3.8) is 0 Å². The SMILES string of the molecule is CN(C)C=NC(=O)c1ccc(-c2cnc3[nH]c(=O)n(C4CCC(O)CC4)c3n2)cc1. The Morgan fingerprint density at radius 2 is 1.93 bits per heavy atom. The fraction of sp³-hybridized carbons (Fsp3) is 0.381. The van der Waals surface area contributed by atoms with Crippen LogP contribution in [0.1, 0.15) is 42.1 Å². The van der Waals surface area contributed by atoms with Gasteiger partial charge in [0.1, 0.15) is 0 Å². The first-order chi connectivity index (χ1) is 14.4. The maximum atomic E-state index is 12.5. The van der Waals surface area contributed by atoms with Gasteiger partial charge in [-0.25, -0.2) is 14.8 Å². The fourth-order valence-electron chi connectivity index (χ4n) is 3.71. The summed E-state index contributed by atoms with van der Waals surface area (Å²) in [4.78, 5) is 42.0. The maximum absolute atomic E-state index is 12.5. The zero-order valence-electron chi connectivity index (χ0n) is 16.9.